The number of rotatable bonds is 5. The molecule has 0 atom stereocenters. The largest absolute Gasteiger partial charge is 0.335 e. The van der Waals surface area contributed by atoms with Gasteiger partial charge in [0.2, 0.25) is 0 Å². The fourth-order valence-corrected chi connectivity index (χ4v) is 8.56. The third-order valence-electron chi connectivity index (χ3n) is 10.6. The Morgan fingerprint density at radius 1 is 0.595 bits per heavy atom. The number of hydrogen-bond donors (Lipinski definition) is 0. The van der Waals surface area contributed by atoms with Crippen LogP contribution in [0, 0.1) is 0 Å². The van der Waals surface area contributed by atoms with E-state index in [0.29, 0.717) is 11.8 Å². The summed E-state index contributed by atoms with van der Waals surface area (Å²) in [4.78, 5) is 2.78. The first-order valence-electron chi connectivity index (χ1n) is 16.5. The van der Waals surface area contributed by atoms with E-state index in [-0.39, 0.29) is 11.0 Å². The number of anilines is 2. The first-order valence-corrected chi connectivity index (χ1v) is 16.5. The molecule has 42 heavy (non-hydrogen) atoms. The molecule has 0 aromatic heterocycles. The van der Waals surface area contributed by atoms with Crippen LogP contribution in [0.4, 0.5) is 11.4 Å². The molecule has 0 unspecified atom stereocenters. The Morgan fingerprint density at radius 3 is 1.86 bits per heavy atom. The van der Waals surface area contributed by atoms with Crippen LogP contribution in [0.1, 0.15) is 120 Å². The second kappa shape index (κ2) is 10.4. The summed E-state index contributed by atoms with van der Waals surface area (Å²) >= 11 is 0. The van der Waals surface area contributed by atoms with Crippen LogP contribution >= 0.6 is 0 Å². The predicted molar refractivity (Wildman–Crippen MR) is 180 cm³/mol. The van der Waals surface area contributed by atoms with Gasteiger partial charge in [-0.25, -0.2) is 0 Å². The molecule has 3 aliphatic rings. The fourth-order valence-electron chi connectivity index (χ4n) is 8.56. The van der Waals surface area contributed by atoms with Crippen molar-refractivity contribution in [2.75, 3.05) is 4.90 Å². The maximum atomic E-state index is 2.78. The van der Waals surface area contributed by atoms with Crippen molar-refractivity contribution < 1.29 is 0 Å². The van der Waals surface area contributed by atoms with Crippen molar-refractivity contribution >= 4 is 11.4 Å². The van der Waals surface area contributed by atoms with Crippen LogP contribution in [0.2, 0.25) is 0 Å². The van der Waals surface area contributed by atoms with Gasteiger partial charge in [-0.1, -0.05) is 118 Å². The number of fused-ring (bicyclic) bond motifs is 3. The molecule has 0 saturated heterocycles. The van der Waals surface area contributed by atoms with Gasteiger partial charge in [0, 0.05) is 22.2 Å². The zero-order valence-corrected chi connectivity index (χ0v) is 26.3. The molecule has 0 spiro atoms. The molecule has 1 nitrogen and oxygen atoms in total. The summed E-state index contributed by atoms with van der Waals surface area (Å²) < 4.78 is 0. The highest BCUT2D eigenvalue weighted by atomic mass is 15.2. The van der Waals surface area contributed by atoms with Gasteiger partial charge < -0.3 is 4.90 Å². The molecule has 0 amide bonds. The quantitative estimate of drug-likeness (QED) is 0.237. The van der Waals surface area contributed by atoms with E-state index in [2.05, 4.69) is 124 Å². The van der Waals surface area contributed by atoms with Crippen molar-refractivity contribution in [2.24, 2.45) is 0 Å². The molecule has 2 fully saturated rings. The Kier molecular flexibility index (Phi) is 6.84. The van der Waals surface area contributed by atoms with Crippen LogP contribution in [-0.4, -0.2) is 5.54 Å². The molecule has 3 aliphatic carbocycles. The molecule has 0 radical (unpaired) electrons. The van der Waals surface area contributed by atoms with Crippen molar-refractivity contribution in [3.8, 4) is 22.3 Å². The molecular formula is C41H47N. The van der Waals surface area contributed by atoms with E-state index in [4.69, 9.17) is 0 Å². The lowest BCUT2D eigenvalue weighted by atomic mass is 9.80. The molecule has 4 aromatic rings. The van der Waals surface area contributed by atoms with Gasteiger partial charge in [-0.15, -0.1) is 0 Å². The average Bonchev–Trinajstić information content (AvgIpc) is 3.75. The van der Waals surface area contributed by atoms with Crippen molar-refractivity contribution in [3.63, 3.8) is 0 Å². The van der Waals surface area contributed by atoms with E-state index in [9.17, 15) is 0 Å². The van der Waals surface area contributed by atoms with Crippen LogP contribution in [-0.2, 0) is 5.41 Å². The van der Waals surface area contributed by atoms with E-state index < -0.39 is 0 Å². The summed E-state index contributed by atoms with van der Waals surface area (Å²) in [6.45, 7) is 12.1. The van der Waals surface area contributed by atoms with Crippen LogP contribution in [0.5, 0.6) is 0 Å². The van der Waals surface area contributed by atoms with Crippen molar-refractivity contribution in [1.82, 2.24) is 0 Å². The summed E-state index contributed by atoms with van der Waals surface area (Å²) in [5.41, 5.74) is 14.4. The summed E-state index contributed by atoms with van der Waals surface area (Å²) in [6.07, 6.45) is 10.6. The topological polar surface area (TPSA) is 3.24 Å². The van der Waals surface area contributed by atoms with Crippen molar-refractivity contribution in [2.45, 2.75) is 109 Å². The minimum Gasteiger partial charge on any atom is -0.335 e. The molecule has 0 N–H and O–H groups in total. The van der Waals surface area contributed by atoms with E-state index in [1.54, 1.807) is 11.1 Å². The van der Waals surface area contributed by atoms with Gasteiger partial charge in [-0.3, -0.25) is 0 Å². The second-order valence-corrected chi connectivity index (χ2v) is 14.7. The van der Waals surface area contributed by atoms with Gasteiger partial charge in [-0.2, -0.15) is 0 Å². The minimum absolute atomic E-state index is 0.0152. The third-order valence-corrected chi connectivity index (χ3v) is 10.6. The highest BCUT2D eigenvalue weighted by molar-refractivity contribution is 5.90. The van der Waals surface area contributed by atoms with Crippen LogP contribution in [0.25, 0.3) is 22.3 Å². The van der Waals surface area contributed by atoms with E-state index in [0.717, 1.165) is 0 Å². The number of benzene rings is 4. The molecule has 0 aliphatic heterocycles. The zero-order valence-electron chi connectivity index (χ0n) is 26.3. The summed E-state index contributed by atoms with van der Waals surface area (Å²) in [5, 5.41) is 0. The fraction of sp³-hybridized carbons (Fsp3) is 0.415. The van der Waals surface area contributed by atoms with Gasteiger partial charge in [-0.05, 0) is 103 Å². The standard InChI is InChI=1S/C41H47N/c1-40(2,3)42(39-31(28-16-7-6-8-17-28)23-15-24-32(39)29-18-9-10-19-29)38-27-35-33-22-13-14-25-36(33)41(4,5)37(35)26-34(38)30-20-11-12-21-30/h6-8,13-17,22-27,29-30H,9-12,18-21H2,1-5H3. The van der Waals surface area contributed by atoms with E-state index in [1.165, 1.54) is 96.1 Å². The lowest BCUT2D eigenvalue weighted by molar-refractivity contribution is 0.551. The van der Waals surface area contributed by atoms with E-state index >= 15 is 0 Å². The van der Waals surface area contributed by atoms with Gasteiger partial charge in [0.05, 0.1) is 5.69 Å². The molecule has 4 aromatic carbocycles. The highest BCUT2D eigenvalue weighted by Gasteiger charge is 2.40. The Labute approximate surface area is 254 Å². The maximum Gasteiger partial charge on any atom is 0.0530 e. The van der Waals surface area contributed by atoms with Gasteiger partial charge >= 0.3 is 0 Å². The van der Waals surface area contributed by atoms with Crippen molar-refractivity contribution in [1.29, 1.82) is 0 Å². The number of para-hydroxylation sites is 1. The Bertz CT molecular complexity index is 1590. The van der Waals surface area contributed by atoms with Crippen LogP contribution in [0.3, 0.4) is 0 Å². The predicted octanol–water partition coefficient (Wildman–Crippen LogP) is 11.9. The van der Waals surface area contributed by atoms with Gasteiger partial charge in [0.1, 0.15) is 0 Å². The molecule has 7 rings (SSSR count). The molecule has 0 heterocycles. The molecule has 0 bridgehead atoms. The normalized spacial score (nSPS) is 18.3. The van der Waals surface area contributed by atoms with Gasteiger partial charge in [0.25, 0.3) is 0 Å². The molecule has 216 valence electrons. The second-order valence-electron chi connectivity index (χ2n) is 14.7. The smallest absolute Gasteiger partial charge is 0.0530 e. The zero-order chi connectivity index (χ0) is 29.1. The SMILES string of the molecule is CC1(C)c2ccccc2-c2cc(N(c3c(-c4ccccc4)cccc3C3CCCC3)C(C)(C)C)c(C3CCCC3)cc21. The number of nitrogens with zero attached hydrogens (tertiary/aromatic N) is 1. The Balaban J connectivity index is 1.54. The maximum absolute atomic E-state index is 2.78. The Hall–Kier alpha value is -3.32. The molecule has 1 heteroatoms. The average molecular weight is 554 g/mol. The summed E-state index contributed by atoms with van der Waals surface area (Å²) in [5.74, 6) is 1.24. The first kappa shape index (κ1) is 27.5. The van der Waals surface area contributed by atoms with Crippen molar-refractivity contribution in [3.05, 3.63) is 107 Å². The third kappa shape index (κ3) is 4.52. The van der Waals surface area contributed by atoms with Gasteiger partial charge in [0.15, 0.2) is 0 Å². The first-order chi connectivity index (χ1) is 20.2. The van der Waals surface area contributed by atoms with E-state index in [1.807, 2.05) is 0 Å². The lowest BCUT2D eigenvalue weighted by Crippen LogP contribution is -2.39. The van der Waals surface area contributed by atoms with Crippen LogP contribution < -0.4 is 4.90 Å². The molecular weight excluding hydrogens is 506 g/mol. The highest BCUT2D eigenvalue weighted by Crippen LogP contribution is 2.55. The summed E-state index contributed by atoms with van der Waals surface area (Å²) in [7, 11) is 0. The monoisotopic (exact) mass is 553 g/mol. The van der Waals surface area contributed by atoms with Crippen LogP contribution in [0.15, 0.2) is 84.9 Å². The number of hydrogen-bond acceptors (Lipinski definition) is 1. The molecule has 2 saturated carbocycles. The summed E-state index contributed by atoms with van der Waals surface area (Å²) in [6, 6.07) is 32.7. The minimum atomic E-state index is -0.104. The lowest BCUT2D eigenvalue weighted by Gasteiger charge is -2.43. The Morgan fingerprint density at radius 2 is 1.19 bits per heavy atom.